The number of esters is 1. The molecule has 4 heteroatoms. The average Bonchev–Trinajstić information content (AvgIpc) is 3.53. The monoisotopic (exact) mass is 433 g/mol. The van der Waals surface area contributed by atoms with Crippen molar-refractivity contribution in [2.24, 2.45) is 11.8 Å². The van der Waals surface area contributed by atoms with E-state index in [9.17, 15) is 9.90 Å². The van der Waals surface area contributed by atoms with Crippen LogP contribution in [0.3, 0.4) is 0 Å². The molecule has 1 aliphatic heterocycles. The van der Waals surface area contributed by atoms with E-state index >= 15 is 0 Å². The minimum atomic E-state index is -0.487. The van der Waals surface area contributed by atoms with Crippen molar-refractivity contribution in [3.8, 4) is 5.75 Å². The van der Waals surface area contributed by atoms with Gasteiger partial charge in [0.15, 0.2) is 0 Å². The molecule has 0 spiro atoms. The van der Waals surface area contributed by atoms with Gasteiger partial charge in [-0.1, -0.05) is 57.2 Å². The molecule has 5 rings (SSSR count). The Bertz CT molecular complexity index is 1000. The van der Waals surface area contributed by atoms with Crippen molar-refractivity contribution in [1.82, 2.24) is 4.90 Å². The summed E-state index contributed by atoms with van der Waals surface area (Å²) in [6.45, 7) is 9.25. The van der Waals surface area contributed by atoms with Crippen LogP contribution in [0.2, 0.25) is 0 Å². The summed E-state index contributed by atoms with van der Waals surface area (Å²) in [5.74, 6) is 1.12. The third-order valence-electron chi connectivity index (χ3n) is 8.76. The van der Waals surface area contributed by atoms with E-state index in [1.165, 1.54) is 11.1 Å². The van der Waals surface area contributed by atoms with Crippen molar-refractivity contribution in [1.29, 1.82) is 0 Å². The minimum absolute atomic E-state index is 0.0464. The van der Waals surface area contributed by atoms with Crippen LogP contribution in [-0.2, 0) is 26.8 Å². The van der Waals surface area contributed by atoms with Gasteiger partial charge < -0.3 is 9.84 Å². The molecule has 2 aromatic carbocycles. The second-order valence-electron chi connectivity index (χ2n) is 10.4. The Morgan fingerprint density at radius 1 is 1.22 bits per heavy atom. The first kappa shape index (κ1) is 21.5. The standard InChI is InChI=1S/C28H35NO3/c1-4-14-32-26(31)28(21-8-6-5-7-9-21)17-22(28)18-29-13-12-27(3)19(2)25(29)15-20-10-11-23(30)16-24(20)27/h5-11,16,19,22,25,30H,4,12-15,17-18H2,1-3H3/t19?,22-,25+,27+,28+/m1/s1. The van der Waals surface area contributed by atoms with Crippen LogP contribution in [0.1, 0.15) is 56.7 Å². The zero-order chi connectivity index (χ0) is 22.5. The van der Waals surface area contributed by atoms with E-state index in [4.69, 9.17) is 4.74 Å². The molecule has 0 amide bonds. The first-order valence-corrected chi connectivity index (χ1v) is 12.2. The number of carbonyl (C=O) groups is 1. The molecule has 3 aliphatic rings. The first-order chi connectivity index (χ1) is 15.4. The quantitative estimate of drug-likeness (QED) is 0.663. The van der Waals surface area contributed by atoms with E-state index in [-0.39, 0.29) is 11.4 Å². The number of aromatic hydroxyl groups is 1. The van der Waals surface area contributed by atoms with Crippen molar-refractivity contribution < 1.29 is 14.6 Å². The van der Waals surface area contributed by atoms with E-state index in [0.29, 0.717) is 30.2 Å². The number of phenolic OH excluding ortho intramolecular Hbond substituents is 1. The molecule has 0 radical (unpaired) electrons. The Morgan fingerprint density at radius 3 is 2.75 bits per heavy atom. The number of fused-ring (bicyclic) bond motifs is 4. The highest BCUT2D eigenvalue weighted by Gasteiger charge is 2.63. The molecule has 2 aliphatic carbocycles. The summed E-state index contributed by atoms with van der Waals surface area (Å²) in [4.78, 5) is 15.8. The van der Waals surface area contributed by atoms with Crippen LogP contribution in [0.15, 0.2) is 48.5 Å². The topological polar surface area (TPSA) is 49.8 Å². The summed E-state index contributed by atoms with van der Waals surface area (Å²) in [5, 5.41) is 10.1. The molecule has 2 aromatic rings. The van der Waals surface area contributed by atoms with Gasteiger partial charge in [-0.25, -0.2) is 0 Å². The zero-order valence-corrected chi connectivity index (χ0v) is 19.5. The maximum Gasteiger partial charge on any atom is 0.316 e. The van der Waals surface area contributed by atoms with Gasteiger partial charge in [-0.05, 0) is 78.3 Å². The number of benzene rings is 2. The van der Waals surface area contributed by atoms with Gasteiger partial charge in [-0.2, -0.15) is 0 Å². The fourth-order valence-corrected chi connectivity index (χ4v) is 6.54. The number of phenols is 1. The predicted octanol–water partition coefficient (Wildman–Crippen LogP) is 4.83. The number of ether oxygens (including phenoxy) is 1. The van der Waals surface area contributed by atoms with Crippen LogP contribution >= 0.6 is 0 Å². The van der Waals surface area contributed by atoms with E-state index in [2.05, 4.69) is 36.9 Å². The number of nitrogens with zero attached hydrogens (tertiary/aromatic N) is 1. The molecule has 1 unspecified atom stereocenters. The summed E-state index contributed by atoms with van der Waals surface area (Å²) in [5.41, 5.74) is 3.40. The van der Waals surface area contributed by atoms with Gasteiger partial charge in [0.2, 0.25) is 0 Å². The Morgan fingerprint density at radius 2 is 2.00 bits per heavy atom. The highest BCUT2D eigenvalue weighted by atomic mass is 16.5. The Kier molecular flexibility index (Phi) is 5.32. The molecule has 1 heterocycles. The van der Waals surface area contributed by atoms with E-state index in [1.807, 2.05) is 37.3 Å². The molecule has 2 fully saturated rings. The lowest BCUT2D eigenvalue weighted by Gasteiger charge is -2.55. The van der Waals surface area contributed by atoms with Crippen molar-refractivity contribution >= 4 is 5.97 Å². The normalized spacial score (nSPS) is 33.4. The van der Waals surface area contributed by atoms with Gasteiger partial charge in [0.25, 0.3) is 0 Å². The van der Waals surface area contributed by atoms with Gasteiger partial charge >= 0.3 is 5.97 Å². The number of carbonyl (C=O) groups excluding carboxylic acids is 1. The molecule has 4 nitrogen and oxygen atoms in total. The van der Waals surface area contributed by atoms with Crippen LogP contribution in [-0.4, -0.2) is 41.7 Å². The van der Waals surface area contributed by atoms with Crippen molar-refractivity contribution in [3.05, 3.63) is 65.2 Å². The summed E-state index contributed by atoms with van der Waals surface area (Å²) >= 11 is 0. The molecule has 0 aromatic heterocycles. The second kappa shape index (κ2) is 7.91. The third kappa shape index (κ3) is 3.26. The number of rotatable bonds is 6. The Labute approximate surface area is 191 Å². The summed E-state index contributed by atoms with van der Waals surface area (Å²) < 4.78 is 5.69. The fraction of sp³-hybridized carbons (Fsp3) is 0.536. The highest BCUT2D eigenvalue weighted by molar-refractivity contribution is 5.87. The summed E-state index contributed by atoms with van der Waals surface area (Å²) in [6, 6.07) is 16.6. The Hall–Kier alpha value is -2.33. The van der Waals surface area contributed by atoms with Crippen LogP contribution < -0.4 is 0 Å². The van der Waals surface area contributed by atoms with Gasteiger partial charge in [0, 0.05) is 12.6 Å². The summed E-state index contributed by atoms with van der Waals surface area (Å²) in [6.07, 6.45) is 3.81. The number of hydrogen-bond acceptors (Lipinski definition) is 4. The van der Waals surface area contributed by atoms with Crippen LogP contribution in [0.25, 0.3) is 0 Å². The smallest absolute Gasteiger partial charge is 0.316 e. The molecule has 1 saturated carbocycles. The largest absolute Gasteiger partial charge is 0.508 e. The SMILES string of the molecule is CCCOC(=O)[C@]1(c2ccccc2)C[C@@H]1CN1CC[C@]2(C)c3cc(O)ccc3C[C@H]1C2C. The predicted molar refractivity (Wildman–Crippen MR) is 126 cm³/mol. The maximum absolute atomic E-state index is 13.2. The number of piperidine rings is 1. The van der Waals surface area contributed by atoms with Crippen LogP contribution in [0.4, 0.5) is 0 Å². The minimum Gasteiger partial charge on any atom is -0.508 e. The van der Waals surface area contributed by atoms with Gasteiger partial charge in [-0.15, -0.1) is 0 Å². The molecule has 170 valence electrons. The second-order valence-corrected chi connectivity index (χ2v) is 10.4. The molecule has 1 saturated heterocycles. The molecule has 5 atom stereocenters. The highest BCUT2D eigenvalue weighted by Crippen LogP contribution is 2.57. The molecular formula is C28H35NO3. The van der Waals surface area contributed by atoms with Crippen molar-refractivity contribution in [3.63, 3.8) is 0 Å². The molecule has 1 N–H and O–H groups in total. The fourth-order valence-electron chi connectivity index (χ4n) is 6.54. The lowest BCUT2D eigenvalue weighted by molar-refractivity contribution is -0.147. The van der Waals surface area contributed by atoms with Crippen molar-refractivity contribution in [2.75, 3.05) is 19.7 Å². The molecule has 32 heavy (non-hydrogen) atoms. The lowest BCUT2D eigenvalue weighted by atomic mass is 9.59. The van der Waals surface area contributed by atoms with Gasteiger partial charge in [-0.3, -0.25) is 9.69 Å². The van der Waals surface area contributed by atoms with Crippen LogP contribution in [0, 0.1) is 11.8 Å². The molecular weight excluding hydrogens is 398 g/mol. The molecule has 2 bridgehead atoms. The zero-order valence-electron chi connectivity index (χ0n) is 19.5. The van der Waals surface area contributed by atoms with Crippen LogP contribution in [0.5, 0.6) is 5.75 Å². The van der Waals surface area contributed by atoms with Crippen molar-refractivity contribution in [2.45, 2.75) is 63.3 Å². The van der Waals surface area contributed by atoms with Gasteiger partial charge in [0.1, 0.15) is 5.75 Å². The van der Waals surface area contributed by atoms with E-state index in [0.717, 1.165) is 44.3 Å². The maximum atomic E-state index is 13.2. The van der Waals surface area contributed by atoms with E-state index in [1.54, 1.807) is 0 Å². The lowest BCUT2D eigenvalue weighted by Crippen LogP contribution is -2.58. The number of hydrogen-bond donors (Lipinski definition) is 1. The Balaban J connectivity index is 1.39. The summed E-state index contributed by atoms with van der Waals surface area (Å²) in [7, 11) is 0. The number of likely N-dealkylation sites (tertiary alicyclic amines) is 1. The first-order valence-electron chi connectivity index (χ1n) is 12.2. The van der Waals surface area contributed by atoms with E-state index < -0.39 is 5.41 Å². The average molecular weight is 434 g/mol. The van der Waals surface area contributed by atoms with Gasteiger partial charge in [0.05, 0.1) is 12.0 Å². The third-order valence-corrected chi connectivity index (χ3v) is 8.76.